The number of fused-ring (bicyclic) bond motifs is 1. The second-order valence-corrected chi connectivity index (χ2v) is 9.19. The minimum Gasteiger partial charge on any atom is -0.326 e. The molecule has 0 saturated heterocycles. The topological polar surface area (TPSA) is 66.5 Å². The van der Waals surface area contributed by atoms with Crippen LogP contribution in [-0.4, -0.2) is 20.9 Å². The van der Waals surface area contributed by atoms with Crippen molar-refractivity contribution < 1.29 is 22.0 Å². The van der Waals surface area contributed by atoms with Gasteiger partial charge in [-0.2, -0.15) is 0 Å². The van der Waals surface area contributed by atoms with E-state index >= 15 is 0 Å². The quantitative estimate of drug-likeness (QED) is 0.641. The number of carbonyl (C=O) groups is 1. The average molecular weight is 442 g/mol. The molecule has 1 amide bonds. The fourth-order valence-corrected chi connectivity index (χ4v) is 5.13. The molecule has 3 aromatic carbocycles. The lowest BCUT2D eigenvalue weighted by Gasteiger charge is -2.31. The number of carbonyl (C=O) groups excluding carboxylic acids is 1. The summed E-state index contributed by atoms with van der Waals surface area (Å²) in [7, 11) is -3.87. The Morgan fingerprint density at radius 1 is 0.935 bits per heavy atom. The molecule has 0 saturated carbocycles. The smallest absolute Gasteiger partial charge is 0.264 e. The van der Waals surface area contributed by atoms with Crippen LogP contribution in [0, 0.1) is 11.6 Å². The first kappa shape index (κ1) is 21.0. The Hall–Kier alpha value is -3.26. The fourth-order valence-electron chi connectivity index (χ4n) is 3.60. The predicted molar refractivity (Wildman–Crippen MR) is 114 cm³/mol. The van der Waals surface area contributed by atoms with Crippen molar-refractivity contribution in [3.8, 4) is 0 Å². The van der Waals surface area contributed by atoms with E-state index in [1.807, 2.05) is 0 Å². The summed E-state index contributed by atoms with van der Waals surface area (Å²) in [5, 5.41) is 2.77. The molecule has 0 fully saturated rings. The van der Waals surface area contributed by atoms with Gasteiger partial charge in [-0.1, -0.05) is 18.2 Å². The summed E-state index contributed by atoms with van der Waals surface area (Å²) in [5.74, 6) is -1.18. The third-order valence-corrected chi connectivity index (χ3v) is 6.95. The summed E-state index contributed by atoms with van der Waals surface area (Å²) in [4.78, 5) is 12.4. The van der Waals surface area contributed by atoms with E-state index in [0.29, 0.717) is 36.3 Å². The van der Waals surface area contributed by atoms with Crippen molar-refractivity contribution in [2.45, 2.75) is 24.2 Å². The van der Waals surface area contributed by atoms with E-state index in [4.69, 9.17) is 0 Å². The van der Waals surface area contributed by atoms with Gasteiger partial charge in [0, 0.05) is 12.2 Å². The Kier molecular flexibility index (Phi) is 5.73. The number of aryl methyl sites for hydroxylation is 1. The summed E-state index contributed by atoms with van der Waals surface area (Å²) in [5.41, 5.74) is 2.48. The second-order valence-electron chi connectivity index (χ2n) is 7.33. The largest absolute Gasteiger partial charge is 0.326 e. The Bertz CT molecular complexity index is 1210. The molecule has 0 bridgehead atoms. The molecule has 1 heterocycles. The van der Waals surface area contributed by atoms with Crippen molar-refractivity contribution in [1.29, 1.82) is 0 Å². The van der Waals surface area contributed by atoms with Gasteiger partial charge in [0.15, 0.2) is 0 Å². The number of anilines is 2. The molecule has 0 radical (unpaired) electrons. The van der Waals surface area contributed by atoms with Crippen LogP contribution in [0.15, 0.2) is 71.6 Å². The third-order valence-electron chi connectivity index (χ3n) is 5.12. The summed E-state index contributed by atoms with van der Waals surface area (Å²) in [6.45, 7) is 0.291. The Morgan fingerprint density at radius 2 is 1.58 bits per heavy atom. The Morgan fingerprint density at radius 3 is 2.26 bits per heavy atom. The third kappa shape index (κ3) is 4.59. The van der Waals surface area contributed by atoms with Crippen LogP contribution in [0.25, 0.3) is 0 Å². The second kappa shape index (κ2) is 8.47. The van der Waals surface area contributed by atoms with Gasteiger partial charge in [-0.05, 0) is 72.5 Å². The first-order valence-corrected chi connectivity index (χ1v) is 11.2. The molecule has 0 atom stereocenters. The lowest BCUT2D eigenvalue weighted by molar-refractivity contribution is -0.115. The highest BCUT2D eigenvalue weighted by atomic mass is 32.2. The maximum atomic E-state index is 13.2. The van der Waals surface area contributed by atoms with Gasteiger partial charge in [0.1, 0.15) is 11.6 Å². The van der Waals surface area contributed by atoms with E-state index in [0.717, 1.165) is 17.7 Å². The molecule has 31 heavy (non-hydrogen) atoms. The van der Waals surface area contributed by atoms with Crippen LogP contribution in [-0.2, 0) is 27.7 Å². The van der Waals surface area contributed by atoms with Crippen molar-refractivity contribution in [1.82, 2.24) is 0 Å². The van der Waals surface area contributed by atoms with Crippen molar-refractivity contribution in [2.24, 2.45) is 0 Å². The summed E-state index contributed by atoms with van der Waals surface area (Å²) in [6.07, 6.45) is 1.44. The van der Waals surface area contributed by atoms with Gasteiger partial charge < -0.3 is 5.32 Å². The zero-order chi connectivity index (χ0) is 22.0. The van der Waals surface area contributed by atoms with Gasteiger partial charge in [0.05, 0.1) is 17.0 Å². The minimum absolute atomic E-state index is 0.00694. The van der Waals surface area contributed by atoms with Crippen LogP contribution in [0.2, 0.25) is 0 Å². The van der Waals surface area contributed by atoms with Gasteiger partial charge >= 0.3 is 0 Å². The molecule has 8 heteroatoms. The van der Waals surface area contributed by atoms with Crippen LogP contribution >= 0.6 is 0 Å². The van der Waals surface area contributed by atoms with E-state index in [1.165, 1.54) is 28.6 Å². The minimum atomic E-state index is -3.87. The normalized spacial score (nSPS) is 13.5. The van der Waals surface area contributed by atoms with Gasteiger partial charge in [0.25, 0.3) is 10.0 Å². The number of hydrogen-bond acceptors (Lipinski definition) is 3. The first-order chi connectivity index (χ1) is 14.8. The number of amides is 1. The van der Waals surface area contributed by atoms with Crippen molar-refractivity contribution in [3.63, 3.8) is 0 Å². The Balaban J connectivity index is 1.58. The molecule has 1 aliphatic rings. The molecule has 4 rings (SSSR count). The molecule has 160 valence electrons. The molecule has 5 nitrogen and oxygen atoms in total. The standard InChI is InChI=1S/C23H20F2N2O3S/c24-18-6-3-16(4-7-18)14-23(28)26-20-10-5-17-2-1-13-27(22(17)15-20)31(29,30)21-11-8-19(25)9-12-21/h3-12,15H,1-2,13-14H2,(H,26,28). The maximum absolute atomic E-state index is 13.2. The number of halogens is 2. The molecule has 0 aliphatic carbocycles. The molecule has 0 spiro atoms. The van der Waals surface area contributed by atoms with Crippen LogP contribution in [0.3, 0.4) is 0 Å². The molecule has 1 aliphatic heterocycles. The average Bonchev–Trinajstić information content (AvgIpc) is 2.75. The number of rotatable bonds is 5. The van der Waals surface area contributed by atoms with E-state index in [1.54, 1.807) is 30.3 Å². The van der Waals surface area contributed by atoms with Crippen LogP contribution in [0.5, 0.6) is 0 Å². The van der Waals surface area contributed by atoms with Crippen LogP contribution in [0.4, 0.5) is 20.2 Å². The summed E-state index contributed by atoms with van der Waals surface area (Å²) < 4.78 is 53.9. The molecule has 1 N–H and O–H groups in total. The molecular weight excluding hydrogens is 422 g/mol. The highest BCUT2D eigenvalue weighted by Crippen LogP contribution is 2.34. The van der Waals surface area contributed by atoms with Gasteiger partial charge in [-0.15, -0.1) is 0 Å². The summed E-state index contributed by atoms with van der Waals surface area (Å²) in [6, 6.07) is 15.5. The highest BCUT2D eigenvalue weighted by molar-refractivity contribution is 7.92. The number of benzene rings is 3. The highest BCUT2D eigenvalue weighted by Gasteiger charge is 2.29. The number of nitrogens with one attached hydrogen (secondary N) is 1. The van der Waals surface area contributed by atoms with Crippen LogP contribution in [0.1, 0.15) is 17.5 Å². The van der Waals surface area contributed by atoms with Gasteiger partial charge in [-0.25, -0.2) is 17.2 Å². The van der Waals surface area contributed by atoms with E-state index < -0.39 is 15.8 Å². The number of sulfonamides is 1. The molecular formula is C23H20F2N2O3S. The molecule has 0 aromatic heterocycles. The molecule has 3 aromatic rings. The van der Waals surface area contributed by atoms with Gasteiger partial charge in [0.2, 0.25) is 5.91 Å². The number of nitrogens with zero attached hydrogens (tertiary/aromatic N) is 1. The maximum Gasteiger partial charge on any atom is 0.264 e. The summed E-state index contributed by atoms with van der Waals surface area (Å²) >= 11 is 0. The van der Waals surface area contributed by atoms with E-state index in [-0.39, 0.29) is 23.0 Å². The lowest BCUT2D eigenvalue weighted by atomic mass is 10.0. The zero-order valence-electron chi connectivity index (χ0n) is 16.5. The zero-order valence-corrected chi connectivity index (χ0v) is 17.3. The van der Waals surface area contributed by atoms with Crippen molar-refractivity contribution in [2.75, 3.05) is 16.2 Å². The molecule has 0 unspecified atom stereocenters. The SMILES string of the molecule is O=C(Cc1ccc(F)cc1)Nc1ccc2c(c1)N(S(=O)(=O)c1ccc(F)cc1)CCC2. The Labute approximate surface area is 179 Å². The number of hydrogen-bond donors (Lipinski definition) is 1. The monoisotopic (exact) mass is 442 g/mol. The van der Waals surface area contributed by atoms with Gasteiger partial charge in [-0.3, -0.25) is 9.10 Å². The van der Waals surface area contributed by atoms with Crippen LogP contribution < -0.4 is 9.62 Å². The first-order valence-electron chi connectivity index (χ1n) is 9.78. The fraction of sp³-hybridized carbons (Fsp3) is 0.174. The van der Waals surface area contributed by atoms with E-state index in [2.05, 4.69) is 5.32 Å². The van der Waals surface area contributed by atoms with Crippen molar-refractivity contribution >= 4 is 27.3 Å². The van der Waals surface area contributed by atoms with E-state index in [9.17, 15) is 22.0 Å². The predicted octanol–water partition coefficient (Wildman–Crippen LogP) is 4.29. The van der Waals surface area contributed by atoms with Crippen molar-refractivity contribution in [3.05, 3.63) is 89.5 Å². The lowest BCUT2D eigenvalue weighted by Crippen LogP contribution is -2.35.